The van der Waals surface area contributed by atoms with Gasteiger partial charge in [-0.3, -0.25) is 19.6 Å². The molecule has 0 aliphatic rings. The first kappa shape index (κ1) is 16.6. The van der Waals surface area contributed by atoms with Crippen molar-refractivity contribution in [3.63, 3.8) is 0 Å². The van der Waals surface area contributed by atoms with Crippen LogP contribution in [0.1, 0.15) is 17.8 Å². The van der Waals surface area contributed by atoms with Crippen LogP contribution in [0, 0.1) is 24.0 Å². The normalized spacial score (nSPS) is 10.8. The molecule has 0 spiro atoms. The van der Waals surface area contributed by atoms with Crippen molar-refractivity contribution in [1.29, 1.82) is 0 Å². The van der Waals surface area contributed by atoms with Gasteiger partial charge in [-0.25, -0.2) is 0 Å². The summed E-state index contributed by atoms with van der Waals surface area (Å²) in [4.78, 5) is 22.9. The van der Waals surface area contributed by atoms with Gasteiger partial charge in [-0.1, -0.05) is 36.4 Å². The number of carbonyl (C=O) groups is 1. The Hall–Kier alpha value is -3.22. The van der Waals surface area contributed by atoms with Crippen LogP contribution in [0.3, 0.4) is 0 Å². The van der Waals surface area contributed by atoms with E-state index in [1.807, 2.05) is 42.5 Å². The van der Waals surface area contributed by atoms with Crippen LogP contribution in [0.2, 0.25) is 0 Å². The van der Waals surface area contributed by atoms with Crippen molar-refractivity contribution in [3.05, 3.63) is 64.0 Å². The fourth-order valence-corrected chi connectivity index (χ4v) is 2.92. The van der Waals surface area contributed by atoms with E-state index in [9.17, 15) is 14.9 Å². The fourth-order valence-electron chi connectivity index (χ4n) is 2.92. The molecule has 0 bridgehead atoms. The summed E-state index contributed by atoms with van der Waals surface area (Å²) in [5.74, 6) is -0.161. The molecule has 1 amide bonds. The minimum atomic E-state index is -0.440. The summed E-state index contributed by atoms with van der Waals surface area (Å²) < 4.78 is 1.51. The van der Waals surface area contributed by atoms with E-state index in [-0.39, 0.29) is 24.6 Å². The van der Waals surface area contributed by atoms with E-state index >= 15 is 0 Å². The number of nitrogens with one attached hydrogen (secondary N) is 1. The fraction of sp³-hybridized carbons (Fsp3) is 0.222. The van der Waals surface area contributed by atoms with Crippen molar-refractivity contribution in [1.82, 2.24) is 9.78 Å². The molecule has 7 nitrogen and oxygen atoms in total. The average Bonchev–Trinajstić information content (AvgIpc) is 2.87. The number of amides is 1. The molecule has 0 saturated carbocycles. The van der Waals surface area contributed by atoms with Crippen LogP contribution in [0.25, 0.3) is 10.8 Å². The van der Waals surface area contributed by atoms with Gasteiger partial charge in [-0.05, 0) is 25.3 Å². The zero-order valence-electron chi connectivity index (χ0n) is 14.0. The van der Waals surface area contributed by atoms with Crippen LogP contribution < -0.4 is 5.32 Å². The molecule has 0 unspecified atom stereocenters. The van der Waals surface area contributed by atoms with Crippen LogP contribution in [0.15, 0.2) is 42.5 Å². The summed E-state index contributed by atoms with van der Waals surface area (Å²) in [5, 5.41) is 20.1. The van der Waals surface area contributed by atoms with E-state index in [0.717, 1.165) is 16.5 Å². The van der Waals surface area contributed by atoms with Crippen molar-refractivity contribution in [3.8, 4) is 0 Å². The number of anilines is 1. The van der Waals surface area contributed by atoms with E-state index in [1.165, 1.54) is 4.68 Å². The predicted octanol–water partition coefficient (Wildman–Crippen LogP) is 3.59. The molecule has 1 heterocycles. The first-order chi connectivity index (χ1) is 12.0. The molecule has 1 N–H and O–H groups in total. The molecule has 0 aliphatic heterocycles. The first-order valence-corrected chi connectivity index (χ1v) is 7.93. The molecular formula is C18H18N4O3. The molecule has 7 heteroatoms. The zero-order valence-corrected chi connectivity index (χ0v) is 14.0. The predicted molar refractivity (Wildman–Crippen MR) is 95.6 cm³/mol. The first-order valence-electron chi connectivity index (χ1n) is 7.93. The highest BCUT2D eigenvalue weighted by Crippen LogP contribution is 2.24. The lowest BCUT2D eigenvalue weighted by molar-refractivity contribution is -0.386. The molecule has 1 aromatic heterocycles. The maximum absolute atomic E-state index is 12.3. The third-order valence-corrected chi connectivity index (χ3v) is 4.14. The molecule has 0 radical (unpaired) electrons. The lowest BCUT2D eigenvalue weighted by Gasteiger charge is -2.09. The van der Waals surface area contributed by atoms with E-state index in [1.54, 1.807) is 13.8 Å². The Kier molecular flexibility index (Phi) is 4.47. The Bertz CT molecular complexity index is 957. The number of aromatic nitrogens is 2. The standard InChI is InChI=1S/C18H18N4O3/c1-12-18(22(24)25)13(2)21(20-12)11-10-17(23)19-16-9-5-7-14-6-3-4-8-15(14)16/h3-9H,10-11H2,1-2H3,(H,19,23). The molecule has 0 fully saturated rings. The second-order valence-corrected chi connectivity index (χ2v) is 5.82. The van der Waals surface area contributed by atoms with Crippen molar-refractivity contribution >= 4 is 28.1 Å². The van der Waals surface area contributed by atoms with E-state index in [2.05, 4.69) is 10.4 Å². The second kappa shape index (κ2) is 6.72. The minimum absolute atomic E-state index is 0.00876. The average molecular weight is 338 g/mol. The lowest BCUT2D eigenvalue weighted by atomic mass is 10.1. The number of hydrogen-bond donors (Lipinski definition) is 1. The number of nitro groups is 1. The van der Waals surface area contributed by atoms with Gasteiger partial charge in [0.15, 0.2) is 0 Å². The van der Waals surface area contributed by atoms with Gasteiger partial charge in [0.2, 0.25) is 5.91 Å². The number of aryl methyl sites for hydroxylation is 2. The summed E-state index contributed by atoms with van der Waals surface area (Å²) >= 11 is 0. The highest BCUT2D eigenvalue weighted by Gasteiger charge is 2.21. The zero-order chi connectivity index (χ0) is 18.0. The molecule has 0 saturated heterocycles. The number of nitrogens with zero attached hydrogens (tertiary/aromatic N) is 3. The van der Waals surface area contributed by atoms with Crippen LogP contribution in [0.5, 0.6) is 0 Å². The monoisotopic (exact) mass is 338 g/mol. The molecule has 3 aromatic rings. The van der Waals surface area contributed by atoms with Crippen LogP contribution >= 0.6 is 0 Å². The smallest absolute Gasteiger partial charge is 0.312 e. The highest BCUT2D eigenvalue weighted by molar-refractivity contribution is 6.02. The largest absolute Gasteiger partial charge is 0.325 e. The Labute approximate surface area is 144 Å². The minimum Gasteiger partial charge on any atom is -0.325 e. The van der Waals surface area contributed by atoms with Crippen LogP contribution in [-0.4, -0.2) is 20.6 Å². The molecule has 0 atom stereocenters. The third-order valence-electron chi connectivity index (χ3n) is 4.14. The Balaban J connectivity index is 1.71. The quantitative estimate of drug-likeness (QED) is 0.568. The number of benzene rings is 2. The Morgan fingerprint density at radius 1 is 1.20 bits per heavy atom. The van der Waals surface area contributed by atoms with Crippen molar-refractivity contribution < 1.29 is 9.72 Å². The molecule has 2 aromatic carbocycles. The van der Waals surface area contributed by atoms with Gasteiger partial charge in [0.1, 0.15) is 11.4 Å². The van der Waals surface area contributed by atoms with E-state index in [4.69, 9.17) is 0 Å². The number of hydrogen-bond acceptors (Lipinski definition) is 4. The van der Waals surface area contributed by atoms with Gasteiger partial charge in [0.25, 0.3) is 0 Å². The van der Waals surface area contributed by atoms with Crippen molar-refractivity contribution in [2.45, 2.75) is 26.8 Å². The summed E-state index contributed by atoms with van der Waals surface area (Å²) in [6.45, 7) is 3.52. The molecule has 25 heavy (non-hydrogen) atoms. The number of fused-ring (bicyclic) bond motifs is 1. The summed E-state index contributed by atoms with van der Waals surface area (Å²) in [7, 11) is 0. The summed E-state index contributed by atoms with van der Waals surface area (Å²) in [6, 6.07) is 13.5. The number of carbonyl (C=O) groups excluding carboxylic acids is 1. The Morgan fingerprint density at radius 2 is 1.92 bits per heavy atom. The SMILES string of the molecule is Cc1nn(CCC(=O)Nc2cccc3ccccc23)c(C)c1[N+](=O)[O-]. The molecular weight excluding hydrogens is 320 g/mol. The van der Waals surface area contributed by atoms with E-state index in [0.29, 0.717) is 11.4 Å². The van der Waals surface area contributed by atoms with Gasteiger partial charge in [-0.2, -0.15) is 5.10 Å². The molecule has 0 aliphatic carbocycles. The van der Waals surface area contributed by atoms with Gasteiger partial charge >= 0.3 is 5.69 Å². The lowest BCUT2D eigenvalue weighted by Crippen LogP contribution is -2.15. The van der Waals surface area contributed by atoms with Gasteiger partial charge in [0.05, 0.1) is 11.5 Å². The van der Waals surface area contributed by atoms with Crippen molar-refractivity contribution in [2.24, 2.45) is 0 Å². The van der Waals surface area contributed by atoms with Gasteiger partial charge in [-0.15, -0.1) is 0 Å². The van der Waals surface area contributed by atoms with Crippen LogP contribution in [0.4, 0.5) is 11.4 Å². The van der Waals surface area contributed by atoms with Crippen LogP contribution in [-0.2, 0) is 11.3 Å². The van der Waals surface area contributed by atoms with Gasteiger partial charge < -0.3 is 5.32 Å². The van der Waals surface area contributed by atoms with Gasteiger partial charge in [0, 0.05) is 17.5 Å². The second-order valence-electron chi connectivity index (χ2n) is 5.82. The summed E-state index contributed by atoms with van der Waals surface area (Å²) in [5.41, 5.74) is 1.58. The molecule has 3 rings (SSSR count). The number of rotatable bonds is 5. The summed E-state index contributed by atoms with van der Waals surface area (Å²) in [6.07, 6.45) is 0.183. The maximum atomic E-state index is 12.3. The van der Waals surface area contributed by atoms with Crippen molar-refractivity contribution in [2.75, 3.05) is 5.32 Å². The third kappa shape index (κ3) is 3.35. The topological polar surface area (TPSA) is 90.1 Å². The van der Waals surface area contributed by atoms with E-state index < -0.39 is 4.92 Å². The Morgan fingerprint density at radius 3 is 2.64 bits per heavy atom. The highest BCUT2D eigenvalue weighted by atomic mass is 16.6. The molecule has 128 valence electrons. The maximum Gasteiger partial charge on any atom is 0.312 e.